The van der Waals surface area contributed by atoms with Gasteiger partial charge in [-0.2, -0.15) is 0 Å². The van der Waals surface area contributed by atoms with Crippen LogP contribution < -0.4 is 9.47 Å². The number of benzene rings is 1. The summed E-state index contributed by atoms with van der Waals surface area (Å²) in [5, 5.41) is 3.92. The summed E-state index contributed by atoms with van der Waals surface area (Å²) in [6.45, 7) is 3.66. The maximum atomic E-state index is 11.1. The monoisotopic (exact) mass is 261 g/mol. The van der Waals surface area contributed by atoms with Gasteiger partial charge in [0, 0.05) is 11.6 Å². The maximum Gasteiger partial charge on any atom is 0.153 e. The quantitative estimate of drug-likeness (QED) is 0.792. The highest BCUT2D eigenvalue weighted by atomic mass is 16.5. The van der Waals surface area contributed by atoms with Crippen molar-refractivity contribution in [2.75, 3.05) is 14.2 Å². The standard InChI is InChI=1S/C14H15NO4/c1-8-14(9(2)19-15-8)11-5-10(7-16)12(17-3)6-13(11)18-4/h5-7H,1-4H3. The van der Waals surface area contributed by atoms with E-state index < -0.39 is 0 Å². The van der Waals surface area contributed by atoms with E-state index in [1.807, 2.05) is 13.8 Å². The fraction of sp³-hybridized carbons (Fsp3) is 0.286. The zero-order chi connectivity index (χ0) is 14.0. The van der Waals surface area contributed by atoms with Crippen molar-refractivity contribution in [2.45, 2.75) is 13.8 Å². The third-order valence-electron chi connectivity index (χ3n) is 2.98. The molecule has 5 nitrogen and oxygen atoms in total. The van der Waals surface area contributed by atoms with Gasteiger partial charge in [-0.05, 0) is 19.9 Å². The first kappa shape index (κ1) is 13.1. The largest absolute Gasteiger partial charge is 0.496 e. The van der Waals surface area contributed by atoms with E-state index >= 15 is 0 Å². The zero-order valence-electron chi connectivity index (χ0n) is 11.3. The van der Waals surface area contributed by atoms with E-state index in [9.17, 15) is 4.79 Å². The molecule has 100 valence electrons. The molecule has 2 aromatic rings. The van der Waals surface area contributed by atoms with Crippen molar-refractivity contribution in [3.63, 3.8) is 0 Å². The van der Waals surface area contributed by atoms with Gasteiger partial charge in [0.15, 0.2) is 6.29 Å². The molecule has 0 bridgehead atoms. The van der Waals surface area contributed by atoms with Crippen LogP contribution in [0.15, 0.2) is 16.7 Å². The molecule has 0 amide bonds. The van der Waals surface area contributed by atoms with Gasteiger partial charge in [-0.1, -0.05) is 5.16 Å². The summed E-state index contributed by atoms with van der Waals surface area (Å²) >= 11 is 0. The summed E-state index contributed by atoms with van der Waals surface area (Å²) in [6.07, 6.45) is 0.750. The maximum absolute atomic E-state index is 11.1. The Morgan fingerprint density at radius 2 is 1.84 bits per heavy atom. The summed E-state index contributed by atoms with van der Waals surface area (Å²) in [5.41, 5.74) is 2.81. The van der Waals surface area contributed by atoms with Crippen molar-refractivity contribution >= 4 is 6.29 Å². The van der Waals surface area contributed by atoms with Gasteiger partial charge in [0.2, 0.25) is 0 Å². The molecule has 2 rings (SSSR count). The molecule has 0 saturated heterocycles. The van der Waals surface area contributed by atoms with E-state index in [1.165, 1.54) is 7.11 Å². The van der Waals surface area contributed by atoms with Crippen LogP contribution >= 0.6 is 0 Å². The number of hydrogen-bond donors (Lipinski definition) is 0. The van der Waals surface area contributed by atoms with Crippen LogP contribution in [0.25, 0.3) is 11.1 Å². The van der Waals surface area contributed by atoms with Crippen molar-refractivity contribution in [1.82, 2.24) is 5.16 Å². The van der Waals surface area contributed by atoms with E-state index in [0.717, 1.165) is 23.1 Å². The molecule has 1 aromatic carbocycles. The number of methoxy groups -OCH3 is 2. The highest BCUT2D eigenvalue weighted by molar-refractivity contribution is 5.86. The molecular formula is C14H15NO4. The average molecular weight is 261 g/mol. The number of aldehydes is 1. The summed E-state index contributed by atoms with van der Waals surface area (Å²) in [6, 6.07) is 3.40. The van der Waals surface area contributed by atoms with Crippen molar-refractivity contribution in [3.8, 4) is 22.6 Å². The van der Waals surface area contributed by atoms with Gasteiger partial charge in [-0.25, -0.2) is 0 Å². The predicted molar refractivity (Wildman–Crippen MR) is 69.9 cm³/mol. The molecular weight excluding hydrogens is 246 g/mol. The lowest BCUT2D eigenvalue weighted by molar-refractivity contribution is 0.112. The number of hydrogen-bond acceptors (Lipinski definition) is 5. The molecule has 0 unspecified atom stereocenters. The van der Waals surface area contributed by atoms with Gasteiger partial charge >= 0.3 is 0 Å². The Balaban J connectivity index is 2.72. The summed E-state index contributed by atoms with van der Waals surface area (Å²) < 4.78 is 15.7. The number of ether oxygens (including phenoxy) is 2. The first-order valence-corrected chi connectivity index (χ1v) is 5.76. The molecule has 5 heteroatoms. The summed E-state index contributed by atoms with van der Waals surface area (Å²) in [5.74, 6) is 1.76. The average Bonchev–Trinajstić information content (AvgIpc) is 2.76. The molecule has 0 aliphatic heterocycles. The molecule has 1 aromatic heterocycles. The number of carbonyl (C=O) groups excluding carboxylic acids is 1. The van der Waals surface area contributed by atoms with Gasteiger partial charge < -0.3 is 14.0 Å². The molecule has 0 spiro atoms. The number of aromatic nitrogens is 1. The van der Waals surface area contributed by atoms with Crippen molar-refractivity contribution in [1.29, 1.82) is 0 Å². The Kier molecular flexibility index (Phi) is 3.55. The van der Waals surface area contributed by atoms with Crippen molar-refractivity contribution in [3.05, 3.63) is 29.2 Å². The van der Waals surface area contributed by atoms with Crippen LogP contribution in [0.2, 0.25) is 0 Å². The van der Waals surface area contributed by atoms with Crippen LogP contribution in [0, 0.1) is 13.8 Å². The molecule has 0 aliphatic carbocycles. The Morgan fingerprint density at radius 3 is 2.32 bits per heavy atom. The van der Waals surface area contributed by atoms with E-state index in [1.54, 1.807) is 19.2 Å². The summed E-state index contributed by atoms with van der Waals surface area (Å²) in [7, 11) is 3.08. The minimum atomic E-state index is 0.457. The van der Waals surface area contributed by atoms with Gasteiger partial charge in [0.25, 0.3) is 0 Å². The zero-order valence-corrected chi connectivity index (χ0v) is 11.3. The van der Waals surface area contributed by atoms with Gasteiger partial charge in [-0.15, -0.1) is 0 Å². The molecule has 1 heterocycles. The van der Waals surface area contributed by atoms with Crippen LogP contribution in [0.5, 0.6) is 11.5 Å². The highest BCUT2D eigenvalue weighted by Gasteiger charge is 2.18. The molecule has 0 atom stereocenters. The second-order valence-corrected chi connectivity index (χ2v) is 4.11. The normalized spacial score (nSPS) is 10.3. The lowest BCUT2D eigenvalue weighted by atomic mass is 10.00. The number of aryl methyl sites for hydroxylation is 2. The van der Waals surface area contributed by atoms with Crippen LogP contribution in [0.3, 0.4) is 0 Å². The smallest absolute Gasteiger partial charge is 0.153 e. The first-order valence-electron chi connectivity index (χ1n) is 5.76. The van der Waals surface area contributed by atoms with Gasteiger partial charge in [0.05, 0.1) is 31.0 Å². The summed E-state index contributed by atoms with van der Waals surface area (Å²) in [4.78, 5) is 11.1. The topological polar surface area (TPSA) is 61.6 Å². The molecule has 19 heavy (non-hydrogen) atoms. The SMILES string of the molecule is COc1cc(OC)c(-c2c(C)noc2C)cc1C=O. The van der Waals surface area contributed by atoms with E-state index in [-0.39, 0.29) is 0 Å². The Labute approximate surface area is 111 Å². The van der Waals surface area contributed by atoms with Gasteiger partial charge in [0.1, 0.15) is 17.3 Å². The fourth-order valence-electron chi connectivity index (χ4n) is 2.08. The molecule has 0 aliphatic rings. The Hall–Kier alpha value is -2.30. The Bertz CT molecular complexity index is 597. The molecule has 0 radical (unpaired) electrons. The van der Waals surface area contributed by atoms with Crippen LogP contribution in [0.4, 0.5) is 0 Å². The van der Waals surface area contributed by atoms with Crippen molar-refractivity contribution < 1.29 is 18.8 Å². The van der Waals surface area contributed by atoms with E-state index in [2.05, 4.69) is 5.16 Å². The van der Waals surface area contributed by atoms with E-state index in [4.69, 9.17) is 14.0 Å². The van der Waals surface area contributed by atoms with Gasteiger partial charge in [-0.3, -0.25) is 4.79 Å². The van der Waals surface area contributed by atoms with Crippen molar-refractivity contribution in [2.24, 2.45) is 0 Å². The predicted octanol–water partition coefficient (Wildman–Crippen LogP) is 2.79. The van der Waals surface area contributed by atoms with E-state index in [0.29, 0.717) is 22.8 Å². The lowest BCUT2D eigenvalue weighted by Gasteiger charge is -2.12. The number of carbonyl (C=O) groups is 1. The van der Waals surface area contributed by atoms with Crippen LogP contribution in [0.1, 0.15) is 21.8 Å². The fourth-order valence-corrected chi connectivity index (χ4v) is 2.08. The third kappa shape index (κ3) is 2.19. The number of nitrogens with zero attached hydrogens (tertiary/aromatic N) is 1. The Morgan fingerprint density at radius 1 is 1.16 bits per heavy atom. The third-order valence-corrected chi connectivity index (χ3v) is 2.98. The minimum absolute atomic E-state index is 0.457. The lowest BCUT2D eigenvalue weighted by Crippen LogP contribution is -1.96. The minimum Gasteiger partial charge on any atom is -0.496 e. The van der Waals surface area contributed by atoms with Crippen LogP contribution in [-0.2, 0) is 0 Å². The number of rotatable bonds is 4. The second kappa shape index (κ2) is 5.14. The second-order valence-electron chi connectivity index (χ2n) is 4.11. The molecule has 0 N–H and O–H groups in total. The molecule has 0 saturated carbocycles. The van der Waals surface area contributed by atoms with Crippen LogP contribution in [-0.4, -0.2) is 25.7 Å². The first-order chi connectivity index (χ1) is 9.12. The molecule has 0 fully saturated rings. The highest BCUT2D eigenvalue weighted by Crippen LogP contribution is 2.38.